The number of carbonyl (C=O) groups excluding carboxylic acids is 2. The Bertz CT molecular complexity index is 998. The van der Waals surface area contributed by atoms with Gasteiger partial charge in [-0.25, -0.2) is 8.78 Å². The number of carbonyl (C=O) groups is 2. The van der Waals surface area contributed by atoms with Crippen molar-refractivity contribution in [2.24, 2.45) is 0 Å². The van der Waals surface area contributed by atoms with Crippen molar-refractivity contribution >= 4 is 11.8 Å². The van der Waals surface area contributed by atoms with Crippen LogP contribution in [0, 0.1) is 25.5 Å². The van der Waals surface area contributed by atoms with Gasteiger partial charge in [0.05, 0.1) is 13.1 Å². The second-order valence-corrected chi connectivity index (χ2v) is 8.78. The fraction of sp³-hybridized carbons (Fsp3) is 0.440. The first-order valence-electron chi connectivity index (χ1n) is 11.2. The molecule has 0 spiro atoms. The summed E-state index contributed by atoms with van der Waals surface area (Å²) in [6.45, 7) is 8.81. The number of aryl methyl sites for hydroxylation is 2. The SMILES string of the molecule is Cc1cc(CNC(=O)CN2CCN(CC(=O)NCc3ccc(F)c(C)c3)C(C)C2)ccc1F. The van der Waals surface area contributed by atoms with Crippen molar-refractivity contribution in [1.29, 1.82) is 0 Å². The molecule has 2 aromatic rings. The molecule has 1 aliphatic rings. The standard InChI is InChI=1S/C25H32F2N4O2/c1-17-10-20(4-6-22(17)26)12-28-24(32)15-30-8-9-31(19(3)14-30)16-25(33)29-13-21-5-7-23(27)18(2)11-21/h4-7,10-11,19H,8-9,12-16H2,1-3H3,(H,28,32)(H,29,33). The molecule has 1 unspecified atom stereocenters. The van der Waals surface area contributed by atoms with Crippen LogP contribution in [0.3, 0.4) is 0 Å². The summed E-state index contributed by atoms with van der Waals surface area (Å²) in [4.78, 5) is 28.9. The number of nitrogens with zero attached hydrogens (tertiary/aromatic N) is 2. The summed E-state index contributed by atoms with van der Waals surface area (Å²) in [6.07, 6.45) is 0. The summed E-state index contributed by atoms with van der Waals surface area (Å²) in [6, 6.07) is 9.77. The highest BCUT2D eigenvalue weighted by molar-refractivity contribution is 5.78. The molecule has 8 heteroatoms. The van der Waals surface area contributed by atoms with Crippen LogP contribution < -0.4 is 10.6 Å². The molecule has 1 saturated heterocycles. The van der Waals surface area contributed by atoms with Gasteiger partial charge in [-0.3, -0.25) is 19.4 Å². The predicted octanol–water partition coefficient (Wildman–Crippen LogP) is 2.52. The molecule has 3 rings (SSSR count). The lowest BCUT2D eigenvalue weighted by atomic mass is 10.1. The third kappa shape index (κ3) is 7.33. The Morgan fingerprint density at radius 3 is 1.88 bits per heavy atom. The normalized spacial score (nSPS) is 17.1. The Hall–Kier alpha value is -2.84. The van der Waals surface area contributed by atoms with Gasteiger partial charge in [-0.2, -0.15) is 0 Å². The molecule has 0 aromatic heterocycles. The maximum atomic E-state index is 13.4. The molecule has 1 atom stereocenters. The molecule has 0 saturated carbocycles. The molecule has 0 radical (unpaired) electrons. The smallest absolute Gasteiger partial charge is 0.234 e. The minimum atomic E-state index is -0.254. The molecule has 6 nitrogen and oxygen atoms in total. The number of benzene rings is 2. The largest absolute Gasteiger partial charge is 0.351 e. The third-order valence-electron chi connectivity index (χ3n) is 5.99. The van der Waals surface area contributed by atoms with Gasteiger partial charge in [0.2, 0.25) is 11.8 Å². The quantitative estimate of drug-likeness (QED) is 0.638. The van der Waals surface area contributed by atoms with E-state index in [0.29, 0.717) is 43.9 Å². The van der Waals surface area contributed by atoms with Crippen molar-refractivity contribution in [3.05, 3.63) is 70.3 Å². The van der Waals surface area contributed by atoms with Gasteiger partial charge >= 0.3 is 0 Å². The molecular formula is C25H32F2N4O2. The van der Waals surface area contributed by atoms with E-state index in [-0.39, 0.29) is 42.6 Å². The summed E-state index contributed by atoms with van der Waals surface area (Å²) < 4.78 is 26.7. The van der Waals surface area contributed by atoms with Gasteiger partial charge in [0, 0.05) is 38.8 Å². The van der Waals surface area contributed by atoms with Crippen LogP contribution in [0.5, 0.6) is 0 Å². The van der Waals surface area contributed by atoms with Gasteiger partial charge in [0.25, 0.3) is 0 Å². The molecule has 33 heavy (non-hydrogen) atoms. The number of hydrogen-bond donors (Lipinski definition) is 2. The first kappa shape index (κ1) is 24.8. The average molecular weight is 459 g/mol. The van der Waals surface area contributed by atoms with Crippen molar-refractivity contribution in [3.63, 3.8) is 0 Å². The number of amides is 2. The van der Waals surface area contributed by atoms with Gasteiger partial charge in [0.1, 0.15) is 11.6 Å². The maximum absolute atomic E-state index is 13.4. The Morgan fingerprint density at radius 1 is 0.879 bits per heavy atom. The number of hydrogen-bond acceptors (Lipinski definition) is 4. The number of halogens is 2. The first-order valence-corrected chi connectivity index (χ1v) is 11.2. The van der Waals surface area contributed by atoms with Crippen molar-refractivity contribution in [2.45, 2.75) is 39.9 Å². The zero-order chi connectivity index (χ0) is 24.0. The van der Waals surface area contributed by atoms with E-state index in [1.807, 2.05) is 6.92 Å². The summed E-state index contributed by atoms with van der Waals surface area (Å²) in [5.41, 5.74) is 2.84. The van der Waals surface area contributed by atoms with Gasteiger partial charge in [-0.05, 0) is 55.2 Å². The summed E-state index contributed by atoms with van der Waals surface area (Å²) in [5, 5.41) is 5.78. The molecule has 2 amide bonds. The van der Waals surface area contributed by atoms with E-state index in [1.54, 1.807) is 38.1 Å². The van der Waals surface area contributed by atoms with Crippen LogP contribution in [0.15, 0.2) is 36.4 Å². The molecule has 0 bridgehead atoms. The van der Waals surface area contributed by atoms with Gasteiger partial charge < -0.3 is 10.6 Å². The average Bonchev–Trinajstić information content (AvgIpc) is 2.77. The van der Waals surface area contributed by atoms with Gasteiger partial charge in [-0.1, -0.05) is 24.3 Å². The highest BCUT2D eigenvalue weighted by Crippen LogP contribution is 2.11. The first-order chi connectivity index (χ1) is 15.7. The minimum Gasteiger partial charge on any atom is -0.351 e. The molecule has 2 N–H and O–H groups in total. The van der Waals surface area contributed by atoms with Crippen molar-refractivity contribution in [2.75, 3.05) is 32.7 Å². The van der Waals surface area contributed by atoms with Crippen molar-refractivity contribution in [3.8, 4) is 0 Å². The highest BCUT2D eigenvalue weighted by Gasteiger charge is 2.26. The zero-order valence-electron chi connectivity index (χ0n) is 19.5. The predicted molar refractivity (Wildman–Crippen MR) is 123 cm³/mol. The maximum Gasteiger partial charge on any atom is 0.234 e. The van der Waals surface area contributed by atoms with Gasteiger partial charge in [0.15, 0.2) is 0 Å². The molecular weight excluding hydrogens is 426 g/mol. The summed E-state index contributed by atoms with van der Waals surface area (Å²) >= 11 is 0. The molecule has 1 heterocycles. The third-order valence-corrected chi connectivity index (χ3v) is 5.99. The van der Waals surface area contributed by atoms with Crippen LogP contribution in [-0.2, 0) is 22.7 Å². The molecule has 0 aliphatic carbocycles. The number of piperazine rings is 1. The minimum absolute atomic E-state index is 0.0787. The fourth-order valence-electron chi connectivity index (χ4n) is 3.98. The van der Waals surface area contributed by atoms with E-state index in [4.69, 9.17) is 0 Å². The van der Waals surface area contributed by atoms with E-state index in [9.17, 15) is 18.4 Å². The topological polar surface area (TPSA) is 64.7 Å². The lowest BCUT2D eigenvalue weighted by Crippen LogP contribution is -2.55. The molecule has 1 fully saturated rings. The van der Waals surface area contributed by atoms with Crippen LogP contribution in [0.4, 0.5) is 8.78 Å². The van der Waals surface area contributed by atoms with Gasteiger partial charge in [-0.15, -0.1) is 0 Å². The van der Waals surface area contributed by atoms with Crippen molar-refractivity contribution < 1.29 is 18.4 Å². The number of nitrogens with one attached hydrogen (secondary N) is 2. The monoisotopic (exact) mass is 458 g/mol. The Labute approximate surface area is 194 Å². The fourth-order valence-corrected chi connectivity index (χ4v) is 3.98. The van der Waals surface area contributed by atoms with Crippen molar-refractivity contribution in [1.82, 2.24) is 20.4 Å². The molecule has 178 valence electrons. The van der Waals surface area contributed by atoms with Crippen LogP contribution >= 0.6 is 0 Å². The summed E-state index contributed by atoms with van der Waals surface area (Å²) in [5.74, 6) is -0.665. The second kappa shape index (κ2) is 11.3. The zero-order valence-corrected chi connectivity index (χ0v) is 19.5. The van der Waals surface area contributed by atoms with E-state index in [1.165, 1.54) is 12.1 Å². The lowest BCUT2D eigenvalue weighted by Gasteiger charge is -2.39. The highest BCUT2D eigenvalue weighted by atomic mass is 19.1. The van der Waals surface area contributed by atoms with Crippen LogP contribution in [0.2, 0.25) is 0 Å². The van der Waals surface area contributed by atoms with Crippen LogP contribution in [-0.4, -0.2) is 60.4 Å². The Morgan fingerprint density at radius 2 is 1.39 bits per heavy atom. The van der Waals surface area contributed by atoms with E-state index < -0.39 is 0 Å². The lowest BCUT2D eigenvalue weighted by molar-refractivity contribution is -0.126. The van der Waals surface area contributed by atoms with E-state index >= 15 is 0 Å². The number of rotatable bonds is 8. The summed E-state index contributed by atoms with van der Waals surface area (Å²) in [7, 11) is 0. The van der Waals surface area contributed by atoms with Crippen LogP contribution in [0.25, 0.3) is 0 Å². The Balaban J connectivity index is 1.38. The van der Waals surface area contributed by atoms with E-state index in [0.717, 1.165) is 11.1 Å². The van der Waals surface area contributed by atoms with E-state index in [2.05, 4.69) is 20.4 Å². The van der Waals surface area contributed by atoms with Crippen LogP contribution in [0.1, 0.15) is 29.2 Å². The second-order valence-electron chi connectivity index (χ2n) is 8.78. The molecule has 2 aromatic carbocycles. The molecule has 1 aliphatic heterocycles. The Kier molecular flexibility index (Phi) is 8.52.